The summed E-state index contributed by atoms with van der Waals surface area (Å²) in [4.78, 5) is 9.49. The zero-order valence-corrected chi connectivity index (χ0v) is 29.0. The first-order valence-electron chi connectivity index (χ1n) is 13.2. The van der Waals surface area contributed by atoms with Crippen molar-refractivity contribution < 1.29 is 34.9 Å². The van der Waals surface area contributed by atoms with Crippen molar-refractivity contribution in [3.05, 3.63) is 88.0 Å². The molecule has 0 bridgehead atoms. The predicted molar refractivity (Wildman–Crippen MR) is 173 cm³/mol. The van der Waals surface area contributed by atoms with E-state index in [1.165, 1.54) is 56.0 Å². The van der Waals surface area contributed by atoms with Gasteiger partial charge in [-0.3, -0.25) is 10.1 Å². The van der Waals surface area contributed by atoms with Crippen LogP contribution in [-0.2, 0) is 27.2 Å². The summed E-state index contributed by atoms with van der Waals surface area (Å²) in [7, 11) is 4.29. The number of unbranched alkanes of at least 4 members (excludes halogenated alkanes) is 5. The van der Waals surface area contributed by atoms with Gasteiger partial charge in [-0.05, 0) is 56.2 Å². The molecule has 244 valence electrons. The van der Waals surface area contributed by atoms with Crippen molar-refractivity contribution in [2.75, 3.05) is 6.61 Å². The van der Waals surface area contributed by atoms with E-state index in [1.807, 2.05) is 19.9 Å². The average Bonchev–Trinajstić information content (AvgIpc) is 2.93. The highest BCUT2D eigenvalue weighted by molar-refractivity contribution is 8.14. The minimum atomic E-state index is -3.89. The standard InChI is InChI=1S/C15H23ClO3S.C7H7ClO2S.C6H4ClNO4S/c1-3-4-5-6-7-8-11-19-14-10-9-13(2)12-15(14)20(16,17)18;1-6-2-4-7(5-3-6)11(8,9)10;7-13(11,12)6-3-1-2-5(4-6)8(9)10/h9-10,12H,3-8,11H2,1-2H3;2-5H,1H3;1-4H. The molecule has 0 aliphatic rings. The molecule has 0 amide bonds. The van der Waals surface area contributed by atoms with Gasteiger partial charge in [0.2, 0.25) is 0 Å². The van der Waals surface area contributed by atoms with Gasteiger partial charge in [-0.15, -0.1) is 0 Å². The minimum Gasteiger partial charge on any atom is -0.492 e. The molecule has 0 heterocycles. The molecule has 0 saturated carbocycles. The first kappa shape index (κ1) is 39.6. The number of nitro benzene ring substituents is 1. The third-order valence-corrected chi connectivity index (χ3v) is 9.79. The lowest BCUT2D eigenvalue weighted by Gasteiger charge is -2.10. The van der Waals surface area contributed by atoms with Gasteiger partial charge < -0.3 is 4.74 Å². The maximum Gasteiger partial charge on any atom is 0.270 e. The highest BCUT2D eigenvalue weighted by Crippen LogP contribution is 2.28. The van der Waals surface area contributed by atoms with Gasteiger partial charge in [0.05, 0.1) is 21.3 Å². The fourth-order valence-electron chi connectivity index (χ4n) is 3.44. The lowest BCUT2D eigenvalue weighted by atomic mass is 10.1. The summed E-state index contributed by atoms with van der Waals surface area (Å²) in [5.74, 6) is 0.346. The Labute approximate surface area is 272 Å². The summed E-state index contributed by atoms with van der Waals surface area (Å²) in [5, 5.41) is 10.2. The van der Waals surface area contributed by atoms with Gasteiger partial charge in [0.25, 0.3) is 32.8 Å². The molecule has 10 nitrogen and oxygen atoms in total. The lowest BCUT2D eigenvalue weighted by molar-refractivity contribution is -0.385. The Balaban J connectivity index is 0.000000349. The van der Waals surface area contributed by atoms with Crippen LogP contribution in [0.2, 0.25) is 0 Å². The third-order valence-electron chi connectivity index (χ3n) is 5.73. The first-order valence-corrected chi connectivity index (χ1v) is 20.2. The Morgan fingerprint density at radius 3 is 1.75 bits per heavy atom. The molecule has 3 aromatic carbocycles. The number of benzene rings is 3. The molecule has 0 aliphatic carbocycles. The molecule has 0 aliphatic heterocycles. The second kappa shape index (κ2) is 18.5. The van der Waals surface area contributed by atoms with E-state index in [9.17, 15) is 35.4 Å². The van der Waals surface area contributed by atoms with Gasteiger partial charge in [0.1, 0.15) is 10.6 Å². The predicted octanol–water partition coefficient (Wildman–Crippen LogP) is 8.11. The van der Waals surface area contributed by atoms with Crippen LogP contribution in [-0.4, -0.2) is 36.8 Å². The van der Waals surface area contributed by atoms with Crippen molar-refractivity contribution in [1.82, 2.24) is 0 Å². The van der Waals surface area contributed by atoms with E-state index in [-0.39, 0.29) is 20.4 Å². The highest BCUT2D eigenvalue weighted by atomic mass is 35.7. The molecule has 0 atom stereocenters. The van der Waals surface area contributed by atoms with Crippen LogP contribution in [0, 0.1) is 24.0 Å². The Morgan fingerprint density at radius 1 is 0.682 bits per heavy atom. The first-order chi connectivity index (χ1) is 20.4. The zero-order chi connectivity index (χ0) is 33.6. The SMILES string of the molecule is CCCCCCCCOc1ccc(C)cc1S(=O)(=O)Cl.Cc1ccc(S(=O)(=O)Cl)cc1.O=[N+]([O-])c1cccc(S(=O)(=O)Cl)c1. The number of non-ortho nitro benzene ring substituents is 1. The summed E-state index contributed by atoms with van der Waals surface area (Å²) in [6.07, 6.45) is 6.99. The number of aryl methyl sites for hydroxylation is 2. The summed E-state index contributed by atoms with van der Waals surface area (Å²) >= 11 is 0. The topological polar surface area (TPSA) is 155 Å². The van der Waals surface area contributed by atoms with Crippen LogP contribution in [0.4, 0.5) is 5.69 Å². The number of hydrogen-bond acceptors (Lipinski definition) is 9. The van der Waals surface area contributed by atoms with Crippen LogP contribution in [0.1, 0.15) is 56.6 Å². The van der Waals surface area contributed by atoms with E-state index in [2.05, 4.69) is 6.92 Å². The van der Waals surface area contributed by atoms with Crippen LogP contribution in [0.15, 0.2) is 81.4 Å². The van der Waals surface area contributed by atoms with Crippen LogP contribution >= 0.6 is 32.0 Å². The molecule has 0 aromatic heterocycles. The maximum atomic E-state index is 11.5. The number of nitro groups is 1. The Kier molecular flexibility index (Phi) is 16.7. The molecule has 16 heteroatoms. The van der Waals surface area contributed by atoms with E-state index in [1.54, 1.807) is 24.3 Å². The Hall–Kier alpha value is -2.42. The number of halogens is 3. The molecule has 3 rings (SSSR count). The zero-order valence-electron chi connectivity index (χ0n) is 24.3. The molecule has 0 saturated heterocycles. The molecule has 3 aromatic rings. The Bertz CT molecular complexity index is 1700. The lowest BCUT2D eigenvalue weighted by Crippen LogP contribution is -2.02. The van der Waals surface area contributed by atoms with Crippen LogP contribution in [0.3, 0.4) is 0 Å². The van der Waals surface area contributed by atoms with Crippen molar-refractivity contribution in [1.29, 1.82) is 0 Å². The van der Waals surface area contributed by atoms with Gasteiger partial charge in [0, 0.05) is 44.2 Å². The average molecular weight is 731 g/mol. The molecule has 0 radical (unpaired) electrons. The normalized spacial score (nSPS) is 11.4. The summed E-state index contributed by atoms with van der Waals surface area (Å²) in [5.41, 5.74) is 1.55. The van der Waals surface area contributed by atoms with Crippen molar-refractivity contribution in [2.45, 2.75) is 74.0 Å². The second-order valence-electron chi connectivity index (χ2n) is 9.45. The third kappa shape index (κ3) is 15.5. The van der Waals surface area contributed by atoms with Crippen LogP contribution < -0.4 is 4.74 Å². The fourth-order valence-corrected chi connectivity index (χ4v) is 6.06. The highest BCUT2D eigenvalue weighted by Gasteiger charge is 2.17. The smallest absolute Gasteiger partial charge is 0.270 e. The van der Waals surface area contributed by atoms with E-state index in [0.717, 1.165) is 30.0 Å². The second-order valence-corrected chi connectivity index (χ2v) is 17.1. The van der Waals surface area contributed by atoms with Crippen LogP contribution in [0.25, 0.3) is 0 Å². The van der Waals surface area contributed by atoms with E-state index < -0.39 is 32.1 Å². The summed E-state index contributed by atoms with van der Waals surface area (Å²) < 4.78 is 71.5. The van der Waals surface area contributed by atoms with Gasteiger partial charge in [-0.1, -0.05) is 68.9 Å². The maximum absolute atomic E-state index is 11.5. The summed E-state index contributed by atoms with van der Waals surface area (Å²) in [6.45, 7) is 6.41. The van der Waals surface area contributed by atoms with E-state index in [4.69, 9.17) is 36.8 Å². The van der Waals surface area contributed by atoms with E-state index >= 15 is 0 Å². The van der Waals surface area contributed by atoms with Gasteiger partial charge in [-0.2, -0.15) is 0 Å². The Morgan fingerprint density at radius 2 is 1.23 bits per heavy atom. The minimum absolute atomic E-state index is 0.0603. The molecular weight excluding hydrogens is 697 g/mol. The molecule has 0 fully saturated rings. The fraction of sp³-hybridized carbons (Fsp3) is 0.357. The van der Waals surface area contributed by atoms with Gasteiger partial charge in [-0.25, -0.2) is 25.3 Å². The quantitative estimate of drug-likeness (QED) is 0.0778. The van der Waals surface area contributed by atoms with Crippen molar-refractivity contribution >= 4 is 64.9 Å². The van der Waals surface area contributed by atoms with Crippen molar-refractivity contribution in [2.24, 2.45) is 0 Å². The monoisotopic (exact) mass is 729 g/mol. The number of hydrogen-bond donors (Lipinski definition) is 0. The number of ether oxygens (including phenoxy) is 1. The molecular formula is C28H34Cl3NO9S3. The van der Waals surface area contributed by atoms with Crippen molar-refractivity contribution in [3.8, 4) is 5.75 Å². The molecule has 0 spiro atoms. The molecule has 44 heavy (non-hydrogen) atoms. The molecule has 0 unspecified atom stereocenters. The van der Waals surface area contributed by atoms with E-state index in [0.29, 0.717) is 12.4 Å². The number of rotatable bonds is 12. The number of nitrogens with zero attached hydrogens (tertiary/aromatic N) is 1. The van der Waals surface area contributed by atoms with Crippen molar-refractivity contribution in [3.63, 3.8) is 0 Å². The largest absolute Gasteiger partial charge is 0.492 e. The molecule has 0 N–H and O–H groups in total. The van der Waals surface area contributed by atoms with Gasteiger partial charge in [0.15, 0.2) is 0 Å². The van der Waals surface area contributed by atoms with Gasteiger partial charge >= 0.3 is 0 Å². The summed E-state index contributed by atoms with van der Waals surface area (Å²) in [6, 6.07) is 15.9. The van der Waals surface area contributed by atoms with Crippen LogP contribution in [0.5, 0.6) is 5.75 Å².